The first-order chi connectivity index (χ1) is 10.4. The van der Waals surface area contributed by atoms with E-state index >= 15 is 0 Å². The van der Waals surface area contributed by atoms with E-state index in [0.717, 1.165) is 26.8 Å². The van der Waals surface area contributed by atoms with Gasteiger partial charge in [0.1, 0.15) is 6.10 Å². The number of ether oxygens (including phenoxy) is 1. The molecule has 3 rings (SSSR count). The summed E-state index contributed by atoms with van der Waals surface area (Å²) in [5.41, 5.74) is 1.01. The van der Waals surface area contributed by atoms with Gasteiger partial charge in [-0.3, -0.25) is 4.79 Å². The lowest BCUT2D eigenvalue weighted by atomic mass is 9.76. The molecule has 0 heterocycles. The van der Waals surface area contributed by atoms with Crippen molar-refractivity contribution in [1.29, 1.82) is 0 Å². The number of benzene rings is 1. The number of hydrogen-bond acceptors (Lipinski definition) is 2. The van der Waals surface area contributed by atoms with Crippen molar-refractivity contribution >= 4 is 37.8 Å². The number of halogens is 2. The Hall–Kier alpha value is -0.350. The van der Waals surface area contributed by atoms with Gasteiger partial charge in [-0.05, 0) is 67.2 Å². The van der Waals surface area contributed by atoms with Crippen LogP contribution in [0.1, 0.15) is 45.3 Å². The molecule has 120 valence electrons. The zero-order valence-corrected chi connectivity index (χ0v) is 16.4. The molecular formula is C18H22Br2O2. The third kappa shape index (κ3) is 3.01. The van der Waals surface area contributed by atoms with Gasteiger partial charge in [-0.2, -0.15) is 0 Å². The standard InChI is InChI=1S/C18H22Br2O2/c1-9-10(2)16-6-12(9)7-17(16)18(21)22-11(3)13-4-14(19)8-15(20)5-13/h4-5,8-12,16-17H,6-7H2,1-3H3. The van der Waals surface area contributed by atoms with E-state index < -0.39 is 0 Å². The quantitative estimate of drug-likeness (QED) is 0.572. The minimum absolute atomic E-state index is 0.00477. The summed E-state index contributed by atoms with van der Waals surface area (Å²) >= 11 is 6.97. The summed E-state index contributed by atoms with van der Waals surface area (Å²) in [7, 11) is 0. The van der Waals surface area contributed by atoms with Gasteiger partial charge in [0.2, 0.25) is 0 Å². The normalized spacial score (nSPS) is 34.7. The second kappa shape index (κ2) is 6.27. The average Bonchev–Trinajstić information content (AvgIpc) is 2.99. The van der Waals surface area contributed by atoms with Gasteiger partial charge in [0, 0.05) is 8.95 Å². The first-order valence-electron chi connectivity index (χ1n) is 8.03. The van der Waals surface area contributed by atoms with Gasteiger partial charge in [-0.15, -0.1) is 0 Å². The Balaban J connectivity index is 1.67. The summed E-state index contributed by atoms with van der Waals surface area (Å²) in [6, 6.07) is 6.00. The molecule has 6 atom stereocenters. The van der Waals surface area contributed by atoms with E-state index in [2.05, 4.69) is 45.7 Å². The van der Waals surface area contributed by atoms with E-state index in [4.69, 9.17) is 4.74 Å². The lowest BCUT2D eigenvalue weighted by Crippen LogP contribution is -2.31. The van der Waals surface area contributed by atoms with E-state index in [-0.39, 0.29) is 18.0 Å². The first-order valence-corrected chi connectivity index (χ1v) is 9.62. The highest BCUT2D eigenvalue weighted by atomic mass is 79.9. The van der Waals surface area contributed by atoms with Crippen LogP contribution in [0.3, 0.4) is 0 Å². The highest BCUT2D eigenvalue weighted by Gasteiger charge is 2.51. The van der Waals surface area contributed by atoms with Crippen LogP contribution < -0.4 is 0 Å². The number of rotatable bonds is 3. The van der Waals surface area contributed by atoms with Crippen LogP contribution in [0.25, 0.3) is 0 Å². The monoisotopic (exact) mass is 428 g/mol. The fourth-order valence-electron chi connectivity index (χ4n) is 4.35. The van der Waals surface area contributed by atoms with Gasteiger partial charge in [0.05, 0.1) is 5.92 Å². The largest absolute Gasteiger partial charge is 0.458 e. The van der Waals surface area contributed by atoms with Crippen LogP contribution in [0.5, 0.6) is 0 Å². The van der Waals surface area contributed by atoms with E-state index in [9.17, 15) is 4.79 Å². The number of carbonyl (C=O) groups excluding carboxylic acids is 1. The van der Waals surface area contributed by atoms with Crippen LogP contribution in [-0.2, 0) is 9.53 Å². The Kier molecular flexibility index (Phi) is 4.71. The number of hydrogen-bond donors (Lipinski definition) is 0. The van der Waals surface area contributed by atoms with Crippen LogP contribution in [0.4, 0.5) is 0 Å². The summed E-state index contributed by atoms with van der Waals surface area (Å²) in [5, 5.41) is 0. The molecule has 1 aromatic carbocycles. The zero-order chi connectivity index (χ0) is 16.0. The van der Waals surface area contributed by atoms with Crippen molar-refractivity contribution in [3.63, 3.8) is 0 Å². The number of fused-ring (bicyclic) bond motifs is 2. The van der Waals surface area contributed by atoms with Crippen LogP contribution in [0.2, 0.25) is 0 Å². The van der Waals surface area contributed by atoms with E-state index in [1.807, 2.05) is 25.1 Å². The fourth-order valence-corrected chi connectivity index (χ4v) is 5.68. The minimum atomic E-state index is -0.215. The third-order valence-electron chi connectivity index (χ3n) is 5.85. The van der Waals surface area contributed by atoms with Crippen LogP contribution in [-0.4, -0.2) is 5.97 Å². The predicted molar refractivity (Wildman–Crippen MR) is 94.4 cm³/mol. The van der Waals surface area contributed by atoms with E-state index in [1.165, 1.54) is 6.42 Å². The molecule has 1 aromatic rings. The van der Waals surface area contributed by atoms with Gasteiger partial charge in [0.25, 0.3) is 0 Å². The number of carbonyl (C=O) groups is 1. The molecule has 0 N–H and O–H groups in total. The van der Waals surface area contributed by atoms with Gasteiger partial charge >= 0.3 is 5.97 Å². The van der Waals surface area contributed by atoms with Crippen molar-refractivity contribution in [2.24, 2.45) is 29.6 Å². The maximum Gasteiger partial charge on any atom is 0.309 e. The topological polar surface area (TPSA) is 26.3 Å². The van der Waals surface area contributed by atoms with Gasteiger partial charge < -0.3 is 4.74 Å². The first kappa shape index (κ1) is 16.5. The fraction of sp³-hybridized carbons (Fsp3) is 0.611. The summed E-state index contributed by atoms with van der Waals surface area (Å²) in [5.74, 6) is 2.74. The second-order valence-corrected chi connectivity index (χ2v) is 8.83. The Morgan fingerprint density at radius 3 is 2.32 bits per heavy atom. The van der Waals surface area contributed by atoms with Gasteiger partial charge in [0.15, 0.2) is 0 Å². The summed E-state index contributed by atoms with van der Waals surface area (Å²) in [4.78, 5) is 12.6. The third-order valence-corrected chi connectivity index (χ3v) is 6.76. The Labute approximate surface area is 149 Å². The highest BCUT2D eigenvalue weighted by molar-refractivity contribution is 9.11. The maximum absolute atomic E-state index is 12.6. The predicted octanol–water partition coefficient (Wildman–Crippen LogP) is 5.74. The SMILES string of the molecule is CC(OC(=O)C1CC2CC1C(C)C2C)c1cc(Br)cc(Br)c1. The molecule has 2 nitrogen and oxygen atoms in total. The highest BCUT2D eigenvalue weighted by Crippen LogP contribution is 2.55. The molecule has 0 radical (unpaired) electrons. The lowest BCUT2D eigenvalue weighted by molar-refractivity contribution is -0.156. The minimum Gasteiger partial charge on any atom is -0.458 e. The van der Waals surface area contributed by atoms with Crippen molar-refractivity contribution in [3.05, 3.63) is 32.7 Å². The molecule has 2 aliphatic carbocycles. The maximum atomic E-state index is 12.6. The summed E-state index contributed by atoms with van der Waals surface area (Å²) in [6.07, 6.45) is 2.01. The molecule has 4 heteroatoms. The molecule has 22 heavy (non-hydrogen) atoms. The molecule has 0 aliphatic heterocycles. The molecule has 0 aromatic heterocycles. The molecule has 6 unspecified atom stereocenters. The van der Waals surface area contributed by atoms with Crippen molar-refractivity contribution in [2.75, 3.05) is 0 Å². The molecular weight excluding hydrogens is 408 g/mol. The molecule has 2 saturated carbocycles. The van der Waals surface area contributed by atoms with Crippen molar-refractivity contribution < 1.29 is 9.53 Å². The van der Waals surface area contributed by atoms with Crippen LogP contribution in [0, 0.1) is 29.6 Å². The molecule has 2 fully saturated rings. The Morgan fingerprint density at radius 1 is 1.14 bits per heavy atom. The smallest absolute Gasteiger partial charge is 0.309 e. The second-order valence-electron chi connectivity index (χ2n) is 7.00. The van der Waals surface area contributed by atoms with Crippen molar-refractivity contribution in [1.82, 2.24) is 0 Å². The molecule has 2 aliphatic rings. The summed E-state index contributed by atoms with van der Waals surface area (Å²) < 4.78 is 7.76. The average molecular weight is 430 g/mol. The van der Waals surface area contributed by atoms with Crippen LogP contribution >= 0.6 is 31.9 Å². The van der Waals surface area contributed by atoms with Crippen molar-refractivity contribution in [3.8, 4) is 0 Å². The zero-order valence-electron chi connectivity index (χ0n) is 13.2. The van der Waals surface area contributed by atoms with E-state index in [0.29, 0.717) is 17.8 Å². The molecule has 0 saturated heterocycles. The van der Waals surface area contributed by atoms with Gasteiger partial charge in [-0.25, -0.2) is 0 Å². The molecule has 0 amide bonds. The lowest BCUT2D eigenvalue weighted by Gasteiger charge is -2.31. The van der Waals surface area contributed by atoms with Crippen LogP contribution in [0.15, 0.2) is 27.1 Å². The molecule has 2 bridgehead atoms. The van der Waals surface area contributed by atoms with E-state index in [1.54, 1.807) is 0 Å². The van der Waals surface area contributed by atoms with Gasteiger partial charge in [-0.1, -0.05) is 45.7 Å². The Bertz CT molecular complexity index is 564. The number of esters is 1. The summed E-state index contributed by atoms with van der Waals surface area (Å²) in [6.45, 7) is 6.58. The Morgan fingerprint density at radius 2 is 1.77 bits per heavy atom. The van der Waals surface area contributed by atoms with Crippen molar-refractivity contribution in [2.45, 2.75) is 39.7 Å². The molecule has 0 spiro atoms.